The van der Waals surface area contributed by atoms with E-state index in [9.17, 15) is 4.79 Å². The normalized spacial score (nSPS) is 24.9. The molecular formula is C26H34O5. The molecule has 0 amide bonds. The van der Waals surface area contributed by atoms with E-state index in [1.807, 2.05) is 69.3 Å². The average molecular weight is 427 g/mol. The van der Waals surface area contributed by atoms with Crippen molar-refractivity contribution in [1.82, 2.24) is 0 Å². The van der Waals surface area contributed by atoms with Gasteiger partial charge in [-0.25, -0.2) is 0 Å². The first-order valence-electron chi connectivity index (χ1n) is 11.1. The number of cyclic esters (lactones) is 1. The van der Waals surface area contributed by atoms with Crippen LogP contribution in [0.15, 0.2) is 48.5 Å². The van der Waals surface area contributed by atoms with E-state index in [2.05, 4.69) is 6.92 Å². The van der Waals surface area contributed by atoms with Crippen molar-refractivity contribution in [2.75, 3.05) is 7.11 Å². The summed E-state index contributed by atoms with van der Waals surface area (Å²) in [4.78, 5) is 13.1. The number of ether oxygens (including phenoxy) is 4. The Kier molecular flexibility index (Phi) is 8.10. The first kappa shape index (κ1) is 23.3. The molecule has 5 nitrogen and oxygen atoms in total. The Morgan fingerprint density at radius 2 is 1.61 bits per heavy atom. The van der Waals surface area contributed by atoms with E-state index in [-0.39, 0.29) is 36.3 Å². The molecule has 2 aromatic rings. The molecule has 0 radical (unpaired) electrons. The minimum Gasteiger partial charge on any atom is -0.497 e. The van der Waals surface area contributed by atoms with Crippen molar-refractivity contribution in [3.05, 3.63) is 65.2 Å². The average Bonchev–Trinajstić information content (AvgIpc) is 2.81. The highest BCUT2D eigenvalue weighted by Crippen LogP contribution is 2.34. The molecule has 1 aliphatic heterocycles. The number of hydrogen-bond donors (Lipinski definition) is 0. The Bertz CT molecular complexity index is 847. The van der Waals surface area contributed by atoms with E-state index in [0.29, 0.717) is 13.0 Å². The number of benzene rings is 2. The van der Waals surface area contributed by atoms with Crippen LogP contribution < -0.4 is 4.74 Å². The molecule has 1 aliphatic rings. The van der Waals surface area contributed by atoms with Gasteiger partial charge in [0.25, 0.3) is 0 Å². The van der Waals surface area contributed by atoms with E-state index in [4.69, 9.17) is 18.9 Å². The maximum Gasteiger partial charge on any atom is 0.312 e. The zero-order valence-electron chi connectivity index (χ0n) is 19.2. The van der Waals surface area contributed by atoms with Crippen LogP contribution >= 0.6 is 0 Å². The standard InChI is InChI=1S/C26H34O5/c1-6-21(29-16-20-11-13-22(28-5)14-12-20)15-25-19(4)30-17(2)23-9-7-8-10-24(23)18(3)31-26(25)27/h7-14,17-19,21,25H,6,15-16H2,1-5H3/t17-,18+,19-,21-,25+/m1/s1. The monoisotopic (exact) mass is 426 g/mol. The van der Waals surface area contributed by atoms with Crippen molar-refractivity contribution >= 4 is 5.97 Å². The third kappa shape index (κ3) is 5.86. The van der Waals surface area contributed by atoms with E-state index in [0.717, 1.165) is 28.9 Å². The summed E-state index contributed by atoms with van der Waals surface area (Å²) < 4.78 is 23.5. The van der Waals surface area contributed by atoms with E-state index < -0.39 is 0 Å². The fourth-order valence-electron chi connectivity index (χ4n) is 4.12. The molecule has 5 atom stereocenters. The fourth-order valence-corrected chi connectivity index (χ4v) is 4.12. The van der Waals surface area contributed by atoms with Crippen LogP contribution in [-0.4, -0.2) is 25.3 Å². The van der Waals surface area contributed by atoms with Crippen molar-refractivity contribution in [3.63, 3.8) is 0 Å². The minimum atomic E-state index is -0.389. The van der Waals surface area contributed by atoms with Gasteiger partial charge in [0.1, 0.15) is 11.9 Å². The first-order valence-corrected chi connectivity index (χ1v) is 11.1. The summed E-state index contributed by atoms with van der Waals surface area (Å²) >= 11 is 0. The number of carbonyl (C=O) groups is 1. The molecule has 0 spiro atoms. The minimum absolute atomic E-state index is 0.0700. The number of carbonyl (C=O) groups excluding carboxylic acids is 1. The van der Waals surface area contributed by atoms with Gasteiger partial charge in [-0.3, -0.25) is 4.79 Å². The molecule has 2 aromatic carbocycles. The topological polar surface area (TPSA) is 54.0 Å². The second-order valence-corrected chi connectivity index (χ2v) is 8.22. The molecule has 0 unspecified atom stereocenters. The van der Waals surface area contributed by atoms with Gasteiger partial charge >= 0.3 is 5.97 Å². The molecule has 0 saturated heterocycles. The highest BCUT2D eigenvalue weighted by Gasteiger charge is 2.35. The van der Waals surface area contributed by atoms with E-state index in [1.54, 1.807) is 7.11 Å². The lowest BCUT2D eigenvalue weighted by Gasteiger charge is -2.28. The molecule has 0 bridgehead atoms. The lowest BCUT2D eigenvalue weighted by Crippen LogP contribution is -2.34. The third-order valence-corrected chi connectivity index (χ3v) is 6.07. The number of esters is 1. The summed E-state index contributed by atoms with van der Waals surface area (Å²) in [6.45, 7) is 8.47. The van der Waals surface area contributed by atoms with Gasteiger partial charge in [0, 0.05) is 0 Å². The summed E-state index contributed by atoms with van der Waals surface area (Å²) in [5.41, 5.74) is 3.13. The Balaban J connectivity index is 1.70. The molecule has 31 heavy (non-hydrogen) atoms. The predicted molar refractivity (Wildman–Crippen MR) is 120 cm³/mol. The van der Waals surface area contributed by atoms with Crippen LogP contribution in [-0.2, 0) is 25.6 Å². The van der Waals surface area contributed by atoms with Crippen molar-refractivity contribution in [2.24, 2.45) is 5.92 Å². The molecule has 0 N–H and O–H groups in total. The van der Waals surface area contributed by atoms with Gasteiger partial charge < -0.3 is 18.9 Å². The van der Waals surface area contributed by atoms with Gasteiger partial charge in [-0.1, -0.05) is 43.3 Å². The Hall–Kier alpha value is -2.37. The number of methoxy groups -OCH3 is 1. The van der Waals surface area contributed by atoms with Crippen molar-refractivity contribution < 1.29 is 23.7 Å². The van der Waals surface area contributed by atoms with Crippen molar-refractivity contribution in [1.29, 1.82) is 0 Å². The third-order valence-electron chi connectivity index (χ3n) is 6.07. The molecule has 168 valence electrons. The molecule has 3 rings (SSSR count). The molecule has 0 aromatic heterocycles. The summed E-state index contributed by atoms with van der Waals surface area (Å²) in [5.74, 6) is 0.203. The highest BCUT2D eigenvalue weighted by atomic mass is 16.6. The van der Waals surface area contributed by atoms with Gasteiger partial charge in [-0.2, -0.15) is 0 Å². The molecular weight excluding hydrogens is 392 g/mol. The van der Waals surface area contributed by atoms with Gasteiger partial charge in [0.15, 0.2) is 0 Å². The SMILES string of the molecule is CC[C@H](C[C@@H]1C(=O)O[C@@H](C)c2ccccc2[C@@H](C)O[C@@H]1C)OCc1ccc(OC)cc1. The summed E-state index contributed by atoms with van der Waals surface area (Å²) in [6, 6.07) is 15.8. The van der Waals surface area contributed by atoms with Gasteiger partial charge in [0.2, 0.25) is 0 Å². The zero-order valence-corrected chi connectivity index (χ0v) is 19.2. The van der Waals surface area contributed by atoms with Crippen LogP contribution in [0, 0.1) is 5.92 Å². The predicted octanol–water partition coefficient (Wildman–Crippen LogP) is 5.78. The van der Waals surface area contributed by atoms with E-state index >= 15 is 0 Å². The summed E-state index contributed by atoms with van der Waals surface area (Å²) in [7, 11) is 1.65. The number of hydrogen-bond acceptors (Lipinski definition) is 5. The first-order chi connectivity index (χ1) is 14.9. The lowest BCUT2D eigenvalue weighted by molar-refractivity contribution is -0.162. The zero-order chi connectivity index (χ0) is 22.4. The molecule has 0 fully saturated rings. The molecule has 1 heterocycles. The van der Waals surface area contributed by atoms with Crippen LogP contribution in [0.25, 0.3) is 0 Å². The van der Waals surface area contributed by atoms with Gasteiger partial charge in [-0.05, 0) is 62.4 Å². The summed E-state index contributed by atoms with van der Waals surface area (Å²) in [6.07, 6.45) is 0.577. The smallest absolute Gasteiger partial charge is 0.312 e. The molecule has 5 heteroatoms. The van der Waals surface area contributed by atoms with E-state index in [1.165, 1.54) is 0 Å². The highest BCUT2D eigenvalue weighted by molar-refractivity contribution is 5.73. The Morgan fingerprint density at radius 3 is 2.23 bits per heavy atom. The molecule has 0 saturated carbocycles. The van der Waals surface area contributed by atoms with Crippen LogP contribution in [0.4, 0.5) is 0 Å². The summed E-state index contributed by atoms with van der Waals surface area (Å²) in [5, 5.41) is 0. The van der Waals surface area contributed by atoms with Crippen molar-refractivity contribution in [3.8, 4) is 5.75 Å². The van der Waals surface area contributed by atoms with Crippen LogP contribution in [0.5, 0.6) is 5.75 Å². The molecule has 0 aliphatic carbocycles. The van der Waals surface area contributed by atoms with Gasteiger partial charge in [0.05, 0.1) is 37.9 Å². The van der Waals surface area contributed by atoms with Crippen LogP contribution in [0.3, 0.4) is 0 Å². The number of rotatable bonds is 7. The second-order valence-electron chi connectivity index (χ2n) is 8.22. The lowest BCUT2D eigenvalue weighted by atomic mass is 9.94. The fraction of sp³-hybridized carbons (Fsp3) is 0.500. The Labute approximate surface area is 185 Å². The number of fused-ring (bicyclic) bond motifs is 1. The largest absolute Gasteiger partial charge is 0.497 e. The van der Waals surface area contributed by atoms with Crippen LogP contribution in [0.2, 0.25) is 0 Å². The Morgan fingerprint density at radius 1 is 0.968 bits per heavy atom. The van der Waals surface area contributed by atoms with Crippen LogP contribution in [0.1, 0.15) is 69.4 Å². The van der Waals surface area contributed by atoms with Gasteiger partial charge in [-0.15, -0.1) is 0 Å². The quantitative estimate of drug-likeness (QED) is 0.525. The van der Waals surface area contributed by atoms with Crippen molar-refractivity contribution in [2.45, 2.75) is 71.6 Å². The maximum atomic E-state index is 13.1. The second kappa shape index (κ2) is 10.8. The maximum absolute atomic E-state index is 13.1.